The monoisotopic (exact) mass is 409 g/mol. The lowest BCUT2D eigenvalue weighted by molar-refractivity contribution is 1.17. The van der Waals surface area contributed by atoms with Crippen LogP contribution in [0.3, 0.4) is 0 Å². The van der Waals surface area contributed by atoms with E-state index in [0.717, 1.165) is 0 Å². The number of aromatic nitrogens is 1. The SMILES string of the molecule is Cc1cccc2c3ccccc3n(-c3cc(-c4ccccc4)cc(-c4ccccc4)c3)c12. The standard InChI is InChI=1S/C31H23N/c1-22-11-10-17-29-28-16-8-9-18-30(28)32(31(22)29)27-20-25(23-12-4-2-5-13-23)19-26(21-27)24-14-6-3-7-15-24/h2-21H,1H3. The van der Waals surface area contributed by atoms with Gasteiger partial charge in [0.25, 0.3) is 0 Å². The van der Waals surface area contributed by atoms with Crippen molar-refractivity contribution in [2.24, 2.45) is 0 Å². The van der Waals surface area contributed by atoms with Crippen molar-refractivity contribution in [2.75, 3.05) is 0 Å². The van der Waals surface area contributed by atoms with E-state index in [1.165, 1.54) is 55.3 Å². The van der Waals surface area contributed by atoms with Gasteiger partial charge in [0.2, 0.25) is 0 Å². The Morgan fingerprint density at radius 2 is 1.03 bits per heavy atom. The number of aryl methyl sites for hydroxylation is 1. The summed E-state index contributed by atoms with van der Waals surface area (Å²) in [6.07, 6.45) is 0. The molecule has 0 fully saturated rings. The normalized spacial score (nSPS) is 11.3. The maximum Gasteiger partial charge on any atom is 0.0570 e. The van der Waals surface area contributed by atoms with Gasteiger partial charge in [-0.1, -0.05) is 97.1 Å². The summed E-state index contributed by atoms with van der Waals surface area (Å²) in [5.41, 5.74) is 9.88. The molecule has 0 saturated carbocycles. The summed E-state index contributed by atoms with van der Waals surface area (Å²) in [5.74, 6) is 0. The van der Waals surface area contributed by atoms with Gasteiger partial charge in [0, 0.05) is 16.5 Å². The van der Waals surface area contributed by atoms with Crippen LogP contribution in [0.4, 0.5) is 0 Å². The minimum absolute atomic E-state index is 1.19. The van der Waals surface area contributed by atoms with Crippen molar-refractivity contribution in [3.63, 3.8) is 0 Å². The summed E-state index contributed by atoms with van der Waals surface area (Å²) >= 11 is 0. The predicted molar refractivity (Wildman–Crippen MR) is 136 cm³/mol. The van der Waals surface area contributed by atoms with E-state index in [2.05, 4.69) is 133 Å². The number of hydrogen-bond donors (Lipinski definition) is 0. The fourth-order valence-corrected chi connectivity index (χ4v) is 4.79. The van der Waals surface area contributed by atoms with Crippen LogP contribution in [0.2, 0.25) is 0 Å². The number of fused-ring (bicyclic) bond motifs is 3. The van der Waals surface area contributed by atoms with Crippen LogP contribution in [0.1, 0.15) is 5.56 Å². The molecule has 0 radical (unpaired) electrons. The Labute approximate surface area is 188 Å². The first-order chi connectivity index (χ1) is 15.8. The first-order valence-electron chi connectivity index (χ1n) is 11.0. The first-order valence-corrected chi connectivity index (χ1v) is 11.0. The summed E-state index contributed by atoms with van der Waals surface area (Å²) < 4.78 is 2.43. The molecular weight excluding hydrogens is 386 g/mol. The first kappa shape index (κ1) is 18.7. The van der Waals surface area contributed by atoms with Crippen LogP contribution in [0.25, 0.3) is 49.7 Å². The number of nitrogens with zero attached hydrogens (tertiary/aromatic N) is 1. The molecule has 32 heavy (non-hydrogen) atoms. The Balaban J connectivity index is 1.72. The lowest BCUT2D eigenvalue weighted by Gasteiger charge is -2.14. The molecule has 0 aliphatic rings. The average Bonchev–Trinajstić information content (AvgIpc) is 3.21. The fraction of sp³-hybridized carbons (Fsp3) is 0.0323. The number of hydrogen-bond acceptors (Lipinski definition) is 0. The number of para-hydroxylation sites is 2. The fourth-order valence-electron chi connectivity index (χ4n) is 4.79. The Morgan fingerprint density at radius 3 is 1.69 bits per heavy atom. The van der Waals surface area contributed by atoms with Crippen molar-refractivity contribution >= 4 is 21.8 Å². The van der Waals surface area contributed by atoms with Gasteiger partial charge >= 0.3 is 0 Å². The van der Waals surface area contributed by atoms with Crippen LogP contribution in [0.5, 0.6) is 0 Å². The maximum atomic E-state index is 2.43. The molecule has 6 rings (SSSR count). The van der Waals surface area contributed by atoms with Crippen molar-refractivity contribution in [1.82, 2.24) is 4.57 Å². The molecule has 0 bridgehead atoms. The third-order valence-electron chi connectivity index (χ3n) is 6.29. The zero-order valence-electron chi connectivity index (χ0n) is 18.0. The quantitative estimate of drug-likeness (QED) is 0.276. The molecule has 0 aliphatic carbocycles. The van der Waals surface area contributed by atoms with Gasteiger partial charge in [-0.2, -0.15) is 0 Å². The molecule has 152 valence electrons. The van der Waals surface area contributed by atoms with E-state index in [0.29, 0.717) is 0 Å². The minimum atomic E-state index is 1.19. The van der Waals surface area contributed by atoms with Gasteiger partial charge in [0.15, 0.2) is 0 Å². The molecule has 0 unspecified atom stereocenters. The summed E-state index contributed by atoms with van der Waals surface area (Å²) in [6.45, 7) is 2.21. The molecule has 1 heterocycles. The minimum Gasteiger partial charge on any atom is -0.309 e. The predicted octanol–water partition coefficient (Wildman–Crippen LogP) is 8.43. The van der Waals surface area contributed by atoms with E-state index in [9.17, 15) is 0 Å². The molecule has 0 saturated heterocycles. The Kier molecular flexibility index (Phi) is 4.40. The highest BCUT2D eigenvalue weighted by Gasteiger charge is 2.15. The van der Waals surface area contributed by atoms with E-state index in [-0.39, 0.29) is 0 Å². The molecule has 6 aromatic rings. The molecular formula is C31H23N. The highest BCUT2D eigenvalue weighted by molar-refractivity contribution is 6.10. The summed E-state index contributed by atoms with van der Waals surface area (Å²) in [6, 6.07) is 43.6. The molecule has 0 N–H and O–H groups in total. The van der Waals surface area contributed by atoms with Gasteiger partial charge in [0.05, 0.1) is 11.0 Å². The van der Waals surface area contributed by atoms with Gasteiger partial charge in [-0.15, -0.1) is 0 Å². The van der Waals surface area contributed by atoms with Crippen LogP contribution >= 0.6 is 0 Å². The molecule has 0 atom stereocenters. The van der Waals surface area contributed by atoms with Gasteiger partial charge in [-0.3, -0.25) is 0 Å². The van der Waals surface area contributed by atoms with E-state index >= 15 is 0 Å². The third-order valence-corrected chi connectivity index (χ3v) is 6.29. The van der Waals surface area contributed by atoms with E-state index in [1.807, 2.05) is 0 Å². The lowest BCUT2D eigenvalue weighted by Crippen LogP contribution is -1.97. The molecule has 1 heteroatoms. The third kappa shape index (κ3) is 3.02. The molecule has 1 nitrogen and oxygen atoms in total. The van der Waals surface area contributed by atoms with E-state index < -0.39 is 0 Å². The second-order valence-electron chi connectivity index (χ2n) is 8.32. The molecule has 0 aliphatic heterocycles. The summed E-state index contributed by atoms with van der Waals surface area (Å²) in [4.78, 5) is 0. The van der Waals surface area contributed by atoms with Gasteiger partial charge in [-0.25, -0.2) is 0 Å². The Morgan fingerprint density at radius 1 is 0.469 bits per heavy atom. The largest absolute Gasteiger partial charge is 0.309 e. The summed E-state index contributed by atoms with van der Waals surface area (Å²) in [7, 11) is 0. The molecule has 1 aromatic heterocycles. The van der Waals surface area contributed by atoms with Crippen LogP contribution in [0.15, 0.2) is 121 Å². The van der Waals surface area contributed by atoms with Crippen molar-refractivity contribution < 1.29 is 0 Å². The van der Waals surface area contributed by atoms with Crippen LogP contribution in [0, 0.1) is 6.92 Å². The van der Waals surface area contributed by atoms with E-state index in [1.54, 1.807) is 0 Å². The second kappa shape index (κ2) is 7.55. The number of rotatable bonds is 3. The molecule has 0 amide bonds. The van der Waals surface area contributed by atoms with Crippen molar-refractivity contribution in [1.29, 1.82) is 0 Å². The summed E-state index contributed by atoms with van der Waals surface area (Å²) in [5, 5.41) is 2.59. The highest BCUT2D eigenvalue weighted by Crippen LogP contribution is 2.37. The average molecular weight is 410 g/mol. The van der Waals surface area contributed by atoms with Crippen molar-refractivity contribution in [3.8, 4) is 27.9 Å². The molecule has 0 spiro atoms. The smallest absolute Gasteiger partial charge is 0.0570 e. The van der Waals surface area contributed by atoms with E-state index in [4.69, 9.17) is 0 Å². The highest BCUT2D eigenvalue weighted by atomic mass is 15.0. The van der Waals surface area contributed by atoms with Gasteiger partial charge in [-0.05, 0) is 59.0 Å². The maximum absolute atomic E-state index is 2.43. The lowest BCUT2D eigenvalue weighted by atomic mass is 9.98. The second-order valence-corrected chi connectivity index (χ2v) is 8.32. The Hall–Kier alpha value is -4.10. The molecule has 5 aromatic carbocycles. The van der Waals surface area contributed by atoms with Crippen molar-refractivity contribution in [2.45, 2.75) is 6.92 Å². The van der Waals surface area contributed by atoms with Gasteiger partial charge < -0.3 is 4.57 Å². The topological polar surface area (TPSA) is 4.93 Å². The van der Waals surface area contributed by atoms with Crippen LogP contribution in [-0.4, -0.2) is 4.57 Å². The van der Waals surface area contributed by atoms with Crippen LogP contribution in [-0.2, 0) is 0 Å². The van der Waals surface area contributed by atoms with Gasteiger partial charge in [0.1, 0.15) is 0 Å². The number of benzene rings is 5. The zero-order chi connectivity index (χ0) is 21.5. The van der Waals surface area contributed by atoms with Crippen molar-refractivity contribution in [3.05, 3.63) is 127 Å². The van der Waals surface area contributed by atoms with Crippen LogP contribution < -0.4 is 0 Å². The zero-order valence-corrected chi connectivity index (χ0v) is 18.0. The Bertz CT molecular complexity index is 1500.